The van der Waals surface area contributed by atoms with E-state index in [-0.39, 0.29) is 4.90 Å². The second-order valence-corrected chi connectivity index (χ2v) is 5.08. The third-order valence-electron chi connectivity index (χ3n) is 2.14. The zero-order chi connectivity index (χ0) is 10.9. The predicted octanol–water partition coefficient (Wildman–Crippen LogP) is 1.98. The van der Waals surface area contributed by atoms with Crippen molar-refractivity contribution < 1.29 is 8.42 Å². The van der Waals surface area contributed by atoms with Crippen molar-refractivity contribution in [3.8, 4) is 0 Å². The summed E-state index contributed by atoms with van der Waals surface area (Å²) in [7, 11) is -3.64. The van der Waals surface area contributed by atoms with Crippen molar-refractivity contribution >= 4 is 33.6 Å². The van der Waals surface area contributed by atoms with Gasteiger partial charge in [-0.15, -0.1) is 0 Å². The lowest BCUT2D eigenvalue weighted by atomic mass is 10.1. The fourth-order valence-corrected chi connectivity index (χ4v) is 2.53. The second-order valence-electron chi connectivity index (χ2n) is 3.03. The molecule has 2 aromatic carbocycles. The summed E-state index contributed by atoms with van der Waals surface area (Å²) in [5, 5.41) is 1.54. The monoisotopic (exact) mass is 238 g/mol. The first-order chi connectivity index (χ1) is 7.15. The Morgan fingerprint density at radius 2 is 1.67 bits per heavy atom. The van der Waals surface area contributed by atoms with Crippen molar-refractivity contribution in [3.63, 3.8) is 0 Å². The number of thiol groups is 1. The van der Waals surface area contributed by atoms with Crippen molar-refractivity contribution in [1.29, 1.82) is 0 Å². The van der Waals surface area contributed by atoms with Crippen LogP contribution in [-0.4, -0.2) is 8.42 Å². The van der Waals surface area contributed by atoms with Gasteiger partial charge in [-0.2, -0.15) is 8.42 Å². The smallest absolute Gasteiger partial charge is 0.156 e. The Labute approximate surface area is 93.7 Å². The molecular formula is C10H8NO2S2+. The molecule has 0 aliphatic rings. The third-order valence-corrected chi connectivity index (χ3v) is 3.91. The second kappa shape index (κ2) is 3.84. The highest BCUT2D eigenvalue weighted by Gasteiger charge is 2.28. The topological polar surface area (TPSA) is 48.2 Å². The first kappa shape index (κ1) is 10.5. The average Bonchev–Trinajstić information content (AvgIpc) is 2.28. The van der Waals surface area contributed by atoms with E-state index < -0.39 is 10.0 Å². The molecule has 76 valence electrons. The van der Waals surface area contributed by atoms with Crippen LogP contribution in [0.2, 0.25) is 0 Å². The van der Waals surface area contributed by atoms with Crippen molar-refractivity contribution in [1.82, 2.24) is 4.13 Å². The zero-order valence-electron chi connectivity index (χ0n) is 7.66. The van der Waals surface area contributed by atoms with E-state index in [1.165, 1.54) is 6.07 Å². The molecule has 0 aromatic heterocycles. The molecule has 2 radical (unpaired) electrons. The van der Waals surface area contributed by atoms with Crippen LogP contribution in [0.1, 0.15) is 0 Å². The maximum Gasteiger partial charge on any atom is 0.443 e. The molecule has 0 heterocycles. The van der Waals surface area contributed by atoms with Crippen LogP contribution in [0.25, 0.3) is 10.8 Å². The Morgan fingerprint density at radius 1 is 1.00 bits per heavy atom. The summed E-state index contributed by atoms with van der Waals surface area (Å²) >= 11 is 3.48. The number of fused-ring (bicyclic) bond motifs is 1. The van der Waals surface area contributed by atoms with Crippen molar-refractivity contribution in [2.75, 3.05) is 0 Å². The Kier molecular flexibility index (Phi) is 2.68. The van der Waals surface area contributed by atoms with Gasteiger partial charge in [0.15, 0.2) is 0 Å². The number of rotatable bonds is 2. The van der Waals surface area contributed by atoms with Crippen LogP contribution in [0.4, 0.5) is 0 Å². The molecule has 2 rings (SSSR count). The van der Waals surface area contributed by atoms with Gasteiger partial charge in [0.25, 0.3) is 4.13 Å². The van der Waals surface area contributed by atoms with E-state index in [4.69, 9.17) is 0 Å². The molecule has 0 unspecified atom stereocenters. The third kappa shape index (κ3) is 1.86. The highest BCUT2D eigenvalue weighted by atomic mass is 32.3. The minimum absolute atomic E-state index is 0.190. The zero-order valence-corrected chi connectivity index (χ0v) is 9.37. The van der Waals surface area contributed by atoms with Gasteiger partial charge in [0.05, 0.1) is 0 Å². The summed E-state index contributed by atoms with van der Waals surface area (Å²) in [6, 6.07) is 12.3. The SMILES string of the molecule is O=S(=O)([N+]S)c1cccc2ccccc12. The predicted molar refractivity (Wildman–Crippen MR) is 62.3 cm³/mol. The van der Waals surface area contributed by atoms with Gasteiger partial charge < -0.3 is 0 Å². The van der Waals surface area contributed by atoms with Crippen molar-refractivity contribution in [2.24, 2.45) is 0 Å². The Balaban J connectivity index is 2.83. The standard InChI is InChI=1S/C10H8NO2S2/c12-15(13,11-14)10-7-3-5-8-4-1-2-6-9(8)10/h1-7,14H/q+1. The summed E-state index contributed by atoms with van der Waals surface area (Å²) in [4.78, 5) is 0.190. The van der Waals surface area contributed by atoms with E-state index in [2.05, 4.69) is 16.9 Å². The molecule has 0 bridgehead atoms. The van der Waals surface area contributed by atoms with E-state index in [1.807, 2.05) is 18.2 Å². The minimum Gasteiger partial charge on any atom is -0.156 e. The average molecular weight is 238 g/mol. The summed E-state index contributed by atoms with van der Waals surface area (Å²) in [6.07, 6.45) is 0. The molecule has 0 aliphatic heterocycles. The number of sulfonamides is 1. The van der Waals surface area contributed by atoms with Gasteiger partial charge >= 0.3 is 10.0 Å². The molecular weight excluding hydrogens is 230 g/mol. The quantitative estimate of drug-likeness (QED) is 0.813. The van der Waals surface area contributed by atoms with Crippen LogP contribution in [-0.2, 0) is 10.0 Å². The van der Waals surface area contributed by atoms with Gasteiger partial charge in [-0.25, -0.2) is 0 Å². The molecule has 0 fully saturated rings. The van der Waals surface area contributed by atoms with Gasteiger partial charge in [0, 0.05) is 5.39 Å². The van der Waals surface area contributed by atoms with E-state index in [0.29, 0.717) is 5.39 Å². The lowest BCUT2D eigenvalue weighted by Crippen LogP contribution is -2.07. The normalized spacial score (nSPS) is 11.8. The number of benzene rings is 2. The highest BCUT2D eigenvalue weighted by Crippen LogP contribution is 2.22. The number of nitrogens with zero attached hydrogens (tertiary/aromatic N) is 1. The first-order valence-corrected chi connectivity index (χ1v) is 6.08. The summed E-state index contributed by atoms with van der Waals surface area (Å²) in [5.41, 5.74) is 0. The Hall–Kier alpha value is -1.04. The fourth-order valence-electron chi connectivity index (χ4n) is 1.46. The van der Waals surface area contributed by atoms with Crippen LogP contribution >= 0.6 is 12.8 Å². The van der Waals surface area contributed by atoms with E-state index in [1.54, 1.807) is 18.2 Å². The Bertz CT molecular complexity index is 588. The van der Waals surface area contributed by atoms with Crippen LogP contribution in [0.3, 0.4) is 0 Å². The molecule has 0 amide bonds. The number of hydrogen-bond acceptors (Lipinski definition) is 3. The molecule has 0 atom stereocenters. The molecule has 3 nitrogen and oxygen atoms in total. The molecule has 0 saturated carbocycles. The summed E-state index contributed by atoms with van der Waals surface area (Å²) < 4.78 is 26.3. The lowest BCUT2D eigenvalue weighted by Gasteiger charge is -1.99. The maximum atomic E-state index is 11.6. The number of hydrogen-bond donors (Lipinski definition) is 1. The van der Waals surface area contributed by atoms with E-state index >= 15 is 0 Å². The van der Waals surface area contributed by atoms with Gasteiger partial charge in [-0.05, 0) is 11.5 Å². The van der Waals surface area contributed by atoms with Gasteiger partial charge in [-0.3, -0.25) is 0 Å². The van der Waals surface area contributed by atoms with Gasteiger partial charge in [0.1, 0.15) is 4.90 Å². The molecule has 0 aliphatic carbocycles. The van der Waals surface area contributed by atoms with E-state index in [9.17, 15) is 8.42 Å². The summed E-state index contributed by atoms with van der Waals surface area (Å²) in [5.74, 6) is 0. The van der Waals surface area contributed by atoms with Gasteiger partial charge in [-0.1, -0.05) is 36.4 Å². The molecule has 0 N–H and O–H groups in total. The summed E-state index contributed by atoms with van der Waals surface area (Å²) in [6.45, 7) is 0. The van der Waals surface area contributed by atoms with Crippen LogP contribution in [0, 0.1) is 0 Å². The molecule has 0 spiro atoms. The minimum atomic E-state index is -3.64. The lowest BCUT2D eigenvalue weighted by molar-refractivity contribution is 0.595. The van der Waals surface area contributed by atoms with Crippen molar-refractivity contribution in [3.05, 3.63) is 42.5 Å². The first-order valence-electron chi connectivity index (χ1n) is 4.24. The van der Waals surface area contributed by atoms with Crippen LogP contribution in [0.15, 0.2) is 47.4 Å². The Morgan fingerprint density at radius 3 is 2.40 bits per heavy atom. The molecule has 2 aromatic rings. The fraction of sp³-hybridized carbons (Fsp3) is 0. The molecule has 5 heteroatoms. The van der Waals surface area contributed by atoms with E-state index in [0.717, 1.165) is 5.39 Å². The van der Waals surface area contributed by atoms with Crippen molar-refractivity contribution in [2.45, 2.75) is 4.90 Å². The largest absolute Gasteiger partial charge is 0.443 e. The highest BCUT2D eigenvalue weighted by molar-refractivity contribution is 8.00. The van der Waals surface area contributed by atoms with Crippen LogP contribution in [0.5, 0.6) is 0 Å². The van der Waals surface area contributed by atoms with Gasteiger partial charge in [0.2, 0.25) is 12.8 Å². The molecule has 15 heavy (non-hydrogen) atoms. The molecule has 0 saturated heterocycles. The maximum absolute atomic E-state index is 11.6. The van der Waals surface area contributed by atoms with Crippen LogP contribution < -0.4 is 4.13 Å².